The average Bonchev–Trinajstić information content (AvgIpc) is 3.26. The maximum absolute atomic E-state index is 12.6. The van der Waals surface area contributed by atoms with Gasteiger partial charge in [-0.2, -0.15) is 0 Å². The van der Waals surface area contributed by atoms with Crippen molar-refractivity contribution in [2.45, 2.75) is 23.2 Å². The zero-order valence-electron chi connectivity index (χ0n) is 19.5. The Morgan fingerprint density at radius 1 is 0.914 bits per heavy atom. The molecule has 0 unspecified atom stereocenters. The number of carboxylic acids is 1. The molecule has 0 spiro atoms. The molecule has 3 aromatic carbocycles. The van der Waals surface area contributed by atoms with Crippen molar-refractivity contribution < 1.29 is 39.1 Å². The molecule has 5 rings (SSSR count). The molecule has 1 saturated carbocycles. The first kappa shape index (κ1) is 23.0. The number of aliphatic carboxylic acids is 1. The van der Waals surface area contributed by atoms with Crippen molar-refractivity contribution in [3.63, 3.8) is 0 Å². The number of benzene rings is 3. The minimum atomic E-state index is -2.17. The van der Waals surface area contributed by atoms with Crippen LogP contribution in [0.1, 0.15) is 22.6 Å². The lowest BCUT2D eigenvalue weighted by Crippen LogP contribution is -2.52. The Labute approximate surface area is 202 Å². The molecular formula is C27H26O8. The summed E-state index contributed by atoms with van der Waals surface area (Å²) >= 11 is 0. The van der Waals surface area contributed by atoms with Crippen LogP contribution in [0.3, 0.4) is 0 Å². The molecule has 2 aliphatic rings. The van der Waals surface area contributed by atoms with Gasteiger partial charge in [0, 0.05) is 18.1 Å². The fourth-order valence-electron chi connectivity index (χ4n) is 5.78. The van der Waals surface area contributed by atoms with E-state index >= 15 is 0 Å². The van der Waals surface area contributed by atoms with Gasteiger partial charge in [-0.25, -0.2) is 0 Å². The molecule has 3 N–H and O–H groups in total. The van der Waals surface area contributed by atoms with E-state index in [9.17, 15) is 20.1 Å². The third-order valence-corrected chi connectivity index (χ3v) is 7.24. The molecule has 1 fully saturated rings. The van der Waals surface area contributed by atoms with E-state index in [4.69, 9.17) is 18.9 Å². The fourth-order valence-corrected chi connectivity index (χ4v) is 5.78. The van der Waals surface area contributed by atoms with Gasteiger partial charge in [-0.3, -0.25) is 4.79 Å². The van der Waals surface area contributed by atoms with Crippen molar-refractivity contribution in [1.82, 2.24) is 0 Å². The molecule has 0 saturated heterocycles. The third-order valence-electron chi connectivity index (χ3n) is 7.24. The minimum Gasteiger partial charge on any atom is -0.497 e. The number of carboxylic acid groups (broad SMARTS) is 1. The monoisotopic (exact) mass is 478 g/mol. The lowest BCUT2D eigenvalue weighted by Gasteiger charge is -2.40. The summed E-state index contributed by atoms with van der Waals surface area (Å²) in [6.07, 6.45) is -1.73. The van der Waals surface area contributed by atoms with E-state index in [1.54, 1.807) is 60.7 Å². The standard InChI is InChI=1S/C27H26O8/c1-32-17-11-9-16(10-12-17)27-22(15-7-5-4-6-8-15)21(25(29)30)24(28)26(27,31)23-19(34-3)13-18(33-2)14-20(23)35-27/h4-14,21-22,24,28,31H,1-3H3,(H,29,30)/t21-,22-,24-,26+,27+/m0/s1. The van der Waals surface area contributed by atoms with Crippen molar-refractivity contribution in [3.8, 4) is 23.0 Å². The molecule has 8 heteroatoms. The number of carbonyl (C=O) groups is 1. The van der Waals surface area contributed by atoms with Crippen LogP contribution in [0, 0.1) is 5.92 Å². The highest BCUT2D eigenvalue weighted by Gasteiger charge is 2.78. The van der Waals surface area contributed by atoms with Gasteiger partial charge in [0.25, 0.3) is 0 Å². The second-order valence-corrected chi connectivity index (χ2v) is 8.73. The van der Waals surface area contributed by atoms with Crippen molar-refractivity contribution >= 4 is 5.97 Å². The van der Waals surface area contributed by atoms with Gasteiger partial charge in [-0.15, -0.1) is 0 Å². The Morgan fingerprint density at radius 2 is 1.57 bits per heavy atom. The van der Waals surface area contributed by atoms with Crippen molar-refractivity contribution in [3.05, 3.63) is 83.4 Å². The molecule has 0 aromatic heterocycles. The number of fused-ring (bicyclic) bond motifs is 3. The van der Waals surface area contributed by atoms with Gasteiger partial charge < -0.3 is 34.3 Å². The van der Waals surface area contributed by atoms with Gasteiger partial charge in [-0.05, 0) is 23.3 Å². The van der Waals surface area contributed by atoms with Crippen molar-refractivity contribution in [1.29, 1.82) is 0 Å². The molecule has 3 aromatic rings. The summed E-state index contributed by atoms with van der Waals surface area (Å²) in [7, 11) is 4.46. The van der Waals surface area contributed by atoms with E-state index in [2.05, 4.69) is 0 Å². The van der Waals surface area contributed by atoms with Crippen LogP contribution in [-0.4, -0.2) is 48.7 Å². The van der Waals surface area contributed by atoms with E-state index in [1.807, 2.05) is 6.07 Å². The fraction of sp³-hybridized carbons (Fsp3) is 0.296. The normalized spacial score (nSPS) is 28.5. The Hall–Kier alpha value is -3.75. The highest BCUT2D eigenvalue weighted by Crippen LogP contribution is 2.70. The highest BCUT2D eigenvalue weighted by atomic mass is 16.5. The van der Waals surface area contributed by atoms with Crippen LogP contribution in [0.25, 0.3) is 0 Å². The zero-order chi connectivity index (χ0) is 25.0. The number of ether oxygens (including phenoxy) is 4. The van der Waals surface area contributed by atoms with Crippen LogP contribution in [0.15, 0.2) is 66.7 Å². The largest absolute Gasteiger partial charge is 0.497 e. The van der Waals surface area contributed by atoms with Gasteiger partial charge >= 0.3 is 5.97 Å². The van der Waals surface area contributed by atoms with Crippen LogP contribution in [0.2, 0.25) is 0 Å². The Bertz CT molecular complexity index is 1260. The van der Waals surface area contributed by atoms with Crippen LogP contribution < -0.4 is 18.9 Å². The topological polar surface area (TPSA) is 115 Å². The maximum atomic E-state index is 12.6. The molecular weight excluding hydrogens is 452 g/mol. The first-order chi connectivity index (χ1) is 16.8. The van der Waals surface area contributed by atoms with E-state index in [0.717, 1.165) is 0 Å². The number of aliphatic hydroxyl groups excluding tert-OH is 1. The Morgan fingerprint density at radius 3 is 2.14 bits per heavy atom. The van der Waals surface area contributed by atoms with Gasteiger partial charge in [0.1, 0.15) is 29.1 Å². The number of hydrogen-bond donors (Lipinski definition) is 3. The van der Waals surface area contributed by atoms with Gasteiger partial charge in [0.05, 0.1) is 32.8 Å². The smallest absolute Gasteiger partial charge is 0.310 e. The number of rotatable bonds is 6. The van der Waals surface area contributed by atoms with Crippen LogP contribution in [-0.2, 0) is 16.0 Å². The first-order valence-corrected chi connectivity index (χ1v) is 11.1. The van der Waals surface area contributed by atoms with E-state index in [-0.39, 0.29) is 17.1 Å². The summed E-state index contributed by atoms with van der Waals surface area (Å²) in [6.45, 7) is 0. The van der Waals surface area contributed by atoms with E-state index in [1.165, 1.54) is 21.3 Å². The second-order valence-electron chi connectivity index (χ2n) is 8.73. The summed E-state index contributed by atoms with van der Waals surface area (Å²) in [5.74, 6) is -2.14. The molecule has 1 heterocycles. The van der Waals surface area contributed by atoms with Crippen LogP contribution >= 0.6 is 0 Å². The van der Waals surface area contributed by atoms with Gasteiger partial charge in [0.15, 0.2) is 11.2 Å². The molecule has 35 heavy (non-hydrogen) atoms. The van der Waals surface area contributed by atoms with Crippen molar-refractivity contribution in [2.24, 2.45) is 5.92 Å². The summed E-state index contributed by atoms with van der Waals surface area (Å²) in [4.78, 5) is 12.6. The highest BCUT2D eigenvalue weighted by molar-refractivity contribution is 5.77. The van der Waals surface area contributed by atoms with E-state index < -0.39 is 35.1 Å². The lowest BCUT2D eigenvalue weighted by atomic mass is 9.70. The number of methoxy groups -OCH3 is 3. The second kappa shape index (κ2) is 8.18. The van der Waals surface area contributed by atoms with Crippen molar-refractivity contribution in [2.75, 3.05) is 21.3 Å². The number of aliphatic hydroxyl groups is 2. The minimum absolute atomic E-state index is 0.175. The quantitative estimate of drug-likeness (QED) is 0.495. The predicted molar refractivity (Wildman–Crippen MR) is 125 cm³/mol. The van der Waals surface area contributed by atoms with Crippen LogP contribution in [0.4, 0.5) is 0 Å². The summed E-state index contributed by atoms with van der Waals surface area (Å²) in [6, 6.07) is 18.9. The Kier molecular flexibility index (Phi) is 5.38. The first-order valence-electron chi connectivity index (χ1n) is 11.1. The molecule has 0 bridgehead atoms. The summed E-state index contributed by atoms with van der Waals surface area (Å²) in [5.41, 5.74) is -2.61. The van der Waals surface area contributed by atoms with E-state index in [0.29, 0.717) is 22.6 Å². The summed E-state index contributed by atoms with van der Waals surface area (Å²) < 4.78 is 22.9. The van der Waals surface area contributed by atoms with Gasteiger partial charge in [0.2, 0.25) is 0 Å². The molecule has 0 radical (unpaired) electrons. The molecule has 5 atom stereocenters. The average molecular weight is 478 g/mol. The molecule has 1 aliphatic carbocycles. The van der Waals surface area contributed by atoms with Gasteiger partial charge in [-0.1, -0.05) is 42.5 Å². The van der Waals surface area contributed by atoms with Crippen LogP contribution in [0.5, 0.6) is 23.0 Å². The third kappa shape index (κ3) is 2.96. The molecule has 8 nitrogen and oxygen atoms in total. The molecule has 182 valence electrons. The SMILES string of the molecule is COc1ccc([C@]23Oc4cc(OC)cc(OC)c4[C@@]2(O)[C@@H](O)[C@@H](C(=O)O)[C@@H]3c2ccccc2)cc1. The predicted octanol–water partition coefficient (Wildman–Crippen LogP) is 3.05. The zero-order valence-corrected chi connectivity index (χ0v) is 19.5. The molecule has 0 amide bonds. The maximum Gasteiger partial charge on any atom is 0.310 e. The Balaban J connectivity index is 1.88. The number of hydrogen-bond acceptors (Lipinski definition) is 7. The molecule has 1 aliphatic heterocycles. The lowest BCUT2D eigenvalue weighted by molar-refractivity contribution is -0.159. The summed E-state index contributed by atoms with van der Waals surface area (Å²) in [5, 5.41) is 34.4.